The van der Waals surface area contributed by atoms with Gasteiger partial charge in [-0.15, -0.1) is 0 Å². The molecule has 0 aliphatic carbocycles. The van der Waals surface area contributed by atoms with E-state index in [1.54, 1.807) is 20.2 Å². The lowest BCUT2D eigenvalue weighted by molar-refractivity contribution is -0.132. The number of anilines is 1. The molecule has 0 bridgehead atoms. The van der Waals surface area contributed by atoms with Crippen LogP contribution in [0.3, 0.4) is 0 Å². The molecule has 0 aromatic heterocycles. The number of nitrogens with zero attached hydrogens (tertiary/aromatic N) is 3. The summed E-state index contributed by atoms with van der Waals surface area (Å²) in [5.74, 6) is -0.296. The molecule has 6 heteroatoms. The predicted molar refractivity (Wildman–Crippen MR) is 122 cm³/mol. The van der Waals surface area contributed by atoms with Crippen molar-refractivity contribution in [3.05, 3.63) is 34.4 Å². The van der Waals surface area contributed by atoms with Gasteiger partial charge in [0.15, 0.2) is 5.11 Å². The Morgan fingerprint density at radius 1 is 1.17 bits per heavy atom. The number of hydrogen-bond donors (Lipinski definition) is 0. The summed E-state index contributed by atoms with van der Waals surface area (Å²) < 4.78 is 0. The minimum Gasteiger partial charge on any atom is -0.366 e. The highest BCUT2D eigenvalue weighted by atomic mass is 32.1. The molecule has 2 aliphatic heterocycles. The fourth-order valence-electron chi connectivity index (χ4n) is 4.58. The molecule has 1 aromatic carbocycles. The molecule has 1 fully saturated rings. The summed E-state index contributed by atoms with van der Waals surface area (Å²) >= 11 is 5.18. The van der Waals surface area contributed by atoms with Crippen molar-refractivity contribution in [1.29, 1.82) is 0 Å². The highest BCUT2D eigenvalue weighted by Gasteiger charge is 2.37. The first-order chi connectivity index (χ1) is 13.5. The first kappa shape index (κ1) is 21.5. The largest absolute Gasteiger partial charge is 0.366 e. The zero-order valence-corrected chi connectivity index (χ0v) is 19.3. The van der Waals surface area contributed by atoms with Gasteiger partial charge in [-0.25, -0.2) is 0 Å². The third-order valence-electron chi connectivity index (χ3n) is 6.16. The van der Waals surface area contributed by atoms with E-state index in [2.05, 4.69) is 44.7 Å². The van der Waals surface area contributed by atoms with Crippen LogP contribution in [-0.4, -0.2) is 52.9 Å². The summed E-state index contributed by atoms with van der Waals surface area (Å²) in [6, 6.07) is 4.37. The van der Waals surface area contributed by atoms with Gasteiger partial charge in [0.2, 0.25) is 0 Å². The second-order valence-electron chi connectivity index (χ2n) is 8.91. The van der Waals surface area contributed by atoms with Gasteiger partial charge in [-0.1, -0.05) is 13.8 Å². The zero-order chi connectivity index (χ0) is 21.7. The van der Waals surface area contributed by atoms with Crippen LogP contribution in [0, 0.1) is 6.92 Å². The Balaban J connectivity index is 2.11. The number of likely N-dealkylation sites (N-methyl/N-ethyl adjacent to an activating group) is 2. The number of thiocarbonyl (C=S) groups is 1. The maximum Gasteiger partial charge on any atom is 0.265 e. The molecule has 156 valence electrons. The molecule has 0 N–H and O–H groups in total. The van der Waals surface area contributed by atoms with Crippen molar-refractivity contribution in [3.8, 4) is 0 Å². The molecule has 0 saturated carbocycles. The third-order valence-corrected chi connectivity index (χ3v) is 6.71. The van der Waals surface area contributed by atoms with Crippen LogP contribution < -0.4 is 4.90 Å². The van der Waals surface area contributed by atoms with E-state index in [-0.39, 0.29) is 28.0 Å². The summed E-state index contributed by atoms with van der Waals surface area (Å²) in [5, 5.41) is 0.227. The topological polar surface area (TPSA) is 43.9 Å². The van der Waals surface area contributed by atoms with Gasteiger partial charge in [-0.3, -0.25) is 19.4 Å². The zero-order valence-electron chi connectivity index (χ0n) is 18.5. The van der Waals surface area contributed by atoms with Crippen LogP contribution >= 0.6 is 12.2 Å². The van der Waals surface area contributed by atoms with E-state index in [9.17, 15) is 9.59 Å². The minimum absolute atomic E-state index is 0.102. The van der Waals surface area contributed by atoms with Crippen molar-refractivity contribution in [2.24, 2.45) is 0 Å². The Labute approximate surface area is 179 Å². The van der Waals surface area contributed by atoms with Gasteiger partial charge in [0, 0.05) is 31.9 Å². The molecule has 29 heavy (non-hydrogen) atoms. The van der Waals surface area contributed by atoms with Crippen LogP contribution in [0.15, 0.2) is 17.7 Å². The first-order valence-electron chi connectivity index (χ1n) is 10.2. The van der Waals surface area contributed by atoms with Crippen molar-refractivity contribution >= 4 is 40.9 Å². The number of aryl methyl sites for hydroxylation is 1. The first-order valence-corrected chi connectivity index (χ1v) is 10.6. The van der Waals surface area contributed by atoms with E-state index in [0.717, 1.165) is 30.5 Å². The van der Waals surface area contributed by atoms with E-state index in [4.69, 9.17) is 12.2 Å². The number of carbonyl (C=O) groups is 2. The number of hydrogen-bond acceptors (Lipinski definition) is 4. The van der Waals surface area contributed by atoms with Crippen molar-refractivity contribution in [2.75, 3.05) is 25.5 Å². The number of amides is 2. The van der Waals surface area contributed by atoms with Gasteiger partial charge in [-0.2, -0.15) is 0 Å². The predicted octanol–water partition coefficient (Wildman–Crippen LogP) is 4.10. The Hall–Kier alpha value is -2.21. The quantitative estimate of drug-likeness (QED) is 0.425. The van der Waals surface area contributed by atoms with E-state index < -0.39 is 0 Å². The SMILES string of the molecule is CCCN1c2cc(C)c(C=C3C(=O)N(C)C(=S)N(C)C3=O)cc2C(C)CC1(C)C. The van der Waals surface area contributed by atoms with Crippen LogP contribution in [0.4, 0.5) is 5.69 Å². The Morgan fingerprint density at radius 2 is 1.76 bits per heavy atom. The molecule has 1 saturated heterocycles. The van der Waals surface area contributed by atoms with Gasteiger partial charge >= 0.3 is 0 Å². The Kier molecular flexibility index (Phi) is 5.60. The standard InChI is InChI=1S/C23H31N3O2S/c1-8-9-26-19-10-14(2)16(11-17(19)15(3)13-23(26,4)5)12-18-20(27)24(6)22(29)25(7)21(18)28/h10-12,15H,8-9,13H2,1-7H3. The van der Waals surface area contributed by atoms with E-state index >= 15 is 0 Å². The maximum atomic E-state index is 12.7. The van der Waals surface area contributed by atoms with Crippen molar-refractivity contribution < 1.29 is 9.59 Å². The Morgan fingerprint density at radius 3 is 2.31 bits per heavy atom. The van der Waals surface area contributed by atoms with Gasteiger partial charge in [0.25, 0.3) is 11.8 Å². The second kappa shape index (κ2) is 7.56. The van der Waals surface area contributed by atoms with Gasteiger partial charge in [-0.05, 0) is 86.6 Å². The lowest BCUT2D eigenvalue weighted by atomic mass is 9.78. The molecule has 2 heterocycles. The average molecular weight is 414 g/mol. The fourth-order valence-corrected chi connectivity index (χ4v) is 4.75. The average Bonchev–Trinajstić information content (AvgIpc) is 2.65. The van der Waals surface area contributed by atoms with Gasteiger partial charge in [0.05, 0.1) is 0 Å². The number of carbonyl (C=O) groups excluding carboxylic acids is 2. The number of fused-ring (bicyclic) bond motifs is 1. The molecule has 2 amide bonds. The lowest BCUT2D eigenvalue weighted by Gasteiger charge is -2.48. The normalized spacial score (nSPS) is 21.6. The molecule has 1 unspecified atom stereocenters. The smallest absolute Gasteiger partial charge is 0.265 e. The molecule has 0 spiro atoms. The number of benzene rings is 1. The van der Waals surface area contributed by atoms with E-state index in [1.807, 2.05) is 6.92 Å². The van der Waals surface area contributed by atoms with E-state index in [1.165, 1.54) is 21.1 Å². The fraction of sp³-hybridized carbons (Fsp3) is 0.522. The van der Waals surface area contributed by atoms with Crippen LogP contribution in [-0.2, 0) is 9.59 Å². The van der Waals surface area contributed by atoms with E-state index in [0.29, 0.717) is 5.92 Å². The summed E-state index contributed by atoms with van der Waals surface area (Å²) in [4.78, 5) is 30.6. The van der Waals surface area contributed by atoms with Crippen LogP contribution in [0.5, 0.6) is 0 Å². The molecule has 1 atom stereocenters. The van der Waals surface area contributed by atoms with Gasteiger partial charge < -0.3 is 4.90 Å². The summed E-state index contributed by atoms with van der Waals surface area (Å²) in [7, 11) is 3.21. The molecule has 3 rings (SSSR count). The van der Waals surface area contributed by atoms with Crippen LogP contribution in [0.1, 0.15) is 63.1 Å². The molecular weight excluding hydrogens is 382 g/mol. The monoisotopic (exact) mass is 413 g/mol. The molecule has 0 radical (unpaired) electrons. The van der Waals surface area contributed by atoms with Crippen LogP contribution in [0.25, 0.3) is 6.08 Å². The Bertz CT molecular complexity index is 893. The molecule has 5 nitrogen and oxygen atoms in total. The lowest BCUT2D eigenvalue weighted by Crippen LogP contribution is -2.52. The highest BCUT2D eigenvalue weighted by molar-refractivity contribution is 7.80. The third kappa shape index (κ3) is 3.59. The summed E-state index contributed by atoms with van der Waals surface area (Å²) in [6.45, 7) is 12.1. The molecule has 1 aromatic rings. The van der Waals surface area contributed by atoms with Crippen molar-refractivity contribution in [1.82, 2.24) is 9.80 Å². The number of rotatable bonds is 3. The second-order valence-corrected chi connectivity index (χ2v) is 9.27. The molecular formula is C23H31N3O2S. The van der Waals surface area contributed by atoms with Gasteiger partial charge in [0.1, 0.15) is 5.57 Å². The van der Waals surface area contributed by atoms with Crippen LogP contribution in [0.2, 0.25) is 0 Å². The highest BCUT2D eigenvalue weighted by Crippen LogP contribution is 2.44. The van der Waals surface area contributed by atoms with Crippen molar-refractivity contribution in [2.45, 2.75) is 58.9 Å². The van der Waals surface area contributed by atoms with Crippen molar-refractivity contribution in [3.63, 3.8) is 0 Å². The summed E-state index contributed by atoms with van der Waals surface area (Å²) in [5.41, 5.74) is 4.78. The summed E-state index contributed by atoms with van der Waals surface area (Å²) in [6.07, 6.45) is 3.88. The molecule has 2 aliphatic rings. The maximum absolute atomic E-state index is 12.7. The minimum atomic E-state index is -0.350.